The SMILES string of the molecule is COc1ccc(Br)c(/C=C(/C)CNC2CC2)c1. The standard InChI is InChI=1S/C14H18BrNO/c1-10(9-16-12-3-4-12)7-11-8-13(17-2)5-6-14(11)15/h5-8,12,16H,3-4,9H2,1-2H3/b10-7-. The first kappa shape index (κ1) is 12.7. The lowest BCUT2D eigenvalue weighted by Gasteiger charge is -2.06. The van der Waals surface area contributed by atoms with Gasteiger partial charge in [0.1, 0.15) is 5.75 Å². The van der Waals surface area contributed by atoms with Crippen molar-refractivity contribution in [2.45, 2.75) is 25.8 Å². The van der Waals surface area contributed by atoms with Crippen molar-refractivity contribution in [3.8, 4) is 5.75 Å². The van der Waals surface area contributed by atoms with Crippen molar-refractivity contribution in [1.29, 1.82) is 0 Å². The van der Waals surface area contributed by atoms with E-state index >= 15 is 0 Å². The largest absolute Gasteiger partial charge is 0.497 e. The summed E-state index contributed by atoms with van der Waals surface area (Å²) in [5, 5.41) is 3.51. The Labute approximate surface area is 111 Å². The number of nitrogens with one attached hydrogen (secondary N) is 1. The molecule has 1 aliphatic carbocycles. The molecule has 0 spiro atoms. The normalized spacial score (nSPS) is 16.1. The van der Waals surface area contributed by atoms with Gasteiger partial charge in [-0.15, -0.1) is 0 Å². The van der Waals surface area contributed by atoms with Gasteiger partial charge in [-0.3, -0.25) is 0 Å². The van der Waals surface area contributed by atoms with Crippen molar-refractivity contribution in [2.75, 3.05) is 13.7 Å². The molecule has 0 aromatic heterocycles. The number of halogens is 1. The number of rotatable bonds is 5. The molecule has 2 rings (SSSR count). The molecule has 0 bridgehead atoms. The molecule has 3 heteroatoms. The van der Waals surface area contributed by atoms with Crippen LogP contribution in [0.15, 0.2) is 28.2 Å². The molecular formula is C14H18BrNO. The van der Waals surface area contributed by atoms with Crippen molar-refractivity contribution >= 4 is 22.0 Å². The van der Waals surface area contributed by atoms with Gasteiger partial charge in [0, 0.05) is 17.1 Å². The third-order valence-electron chi connectivity index (χ3n) is 2.85. The second-order valence-corrected chi connectivity index (χ2v) is 5.39. The Balaban J connectivity index is 2.06. The van der Waals surface area contributed by atoms with Gasteiger partial charge in [-0.25, -0.2) is 0 Å². The predicted molar refractivity (Wildman–Crippen MR) is 75.4 cm³/mol. The molecule has 0 atom stereocenters. The Morgan fingerprint density at radius 3 is 2.94 bits per heavy atom. The minimum Gasteiger partial charge on any atom is -0.497 e. The summed E-state index contributed by atoms with van der Waals surface area (Å²) >= 11 is 3.56. The zero-order chi connectivity index (χ0) is 12.3. The van der Waals surface area contributed by atoms with Crippen molar-refractivity contribution in [2.24, 2.45) is 0 Å². The molecule has 1 saturated carbocycles. The van der Waals surface area contributed by atoms with Gasteiger partial charge in [-0.2, -0.15) is 0 Å². The van der Waals surface area contributed by atoms with Crippen molar-refractivity contribution < 1.29 is 4.74 Å². The van der Waals surface area contributed by atoms with Gasteiger partial charge in [0.25, 0.3) is 0 Å². The Morgan fingerprint density at radius 1 is 1.53 bits per heavy atom. The van der Waals surface area contributed by atoms with Gasteiger partial charge in [0.2, 0.25) is 0 Å². The molecular weight excluding hydrogens is 278 g/mol. The highest BCUT2D eigenvalue weighted by atomic mass is 79.9. The molecule has 0 saturated heterocycles. The van der Waals surface area contributed by atoms with Gasteiger partial charge >= 0.3 is 0 Å². The summed E-state index contributed by atoms with van der Waals surface area (Å²) in [6.07, 6.45) is 4.86. The quantitative estimate of drug-likeness (QED) is 0.896. The Bertz CT molecular complexity index is 424. The van der Waals surface area contributed by atoms with E-state index in [0.29, 0.717) is 0 Å². The van der Waals surface area contributed by atoms with Gasteiger partial charge in [-0.05, 0) is 43.5 Å². The third-order valence-corrected chi connectivity index (χ3v) is 3.57. The Morgan fingerprint density at radius 2 is 2.29 bits per heavy atom. The summed E-state index contributed by atoms with van der Waals surface area (Å²) in [5.41, 5.74) is 2.50. The number of ether oxygens (including phenoxy) is 1. The molecule has 0 unspecified atom stereocenters. The van der Waals surface area contributed by atoms with E-state index in [1.165, 1.54) is 24.0 Å². The van der Waals surface area contributed by atoms with Crippen LogP contribution in [0.5, 0.6) is 5.75 Å². The van der Waals surface area contributed by atoms with Crippen LogP contribution in [0.1, 0.15) is 25.3 Å². The van der Waals surface area contributed by atoms with Crippen LogP contribution in [0.2, 0.25) is 0 Å². The van der Waals surface area contributed by atoms with Crippen LogP contribution in [0.4, 0.5) is 0 Å². The smallest absolute Gasteiger partial charge is 0.119 e. The molecule has 0 amide bonds. The van der Waals surface area contributed by atoms with E-state index in [-0.39, 0.29) is 0 Å². The monoisotopic (exact) mass is 295 g/mol. The van der Waals surface area contributed by atoms with E-state index in [9.17, 15) is 0 Å². The van der Waals surface area contributed by atoms with Crippen LogP contribution in [0.3, 0.4) is 0 Å². The minimum atomic E-state index is 0.757. The van der Waals surface area contributed by atoms with Crippen LogP contribution >= 0.6 is 15.9 Å². The Hall–Kier alpha value is -0.800. The second kappa shape index (κ2) is 5.69. The average Bonchev–Trinajstić information content (AvgIpc) is 3.13. The van der Waals surface area contributed by atoms with Crippen LogP contribution in [-0.4, -0.2) is 19.7 Å². The fourth-order valence-corrected chi connectivity index (χ4v) is 2.03. The van der Waals surface area contributed by atoms with Gasteiger partial charge in [-0.1, -0.05) is 27.6 Å². The highest BCUT2D eigenvalue weighted by molar-refractivity contribution is 9.10. The van der Waals surface area contributed by atoms with E-state index < -0.39 is 0 Å². The molecule has 0 aliphatic heterocycles. The van der Waals surface area contributed by atoms with E-state index in [2.05, 4.69) is 34.2 Å². The van der Waals surface area contributed by atoms with Crippen molar-refractivity contribution in [1.82, 2.24) is 5.32 Å². The molecule has 0 heterocycles. The molecule has 2 nitrogen and oxygen atoms in total. The lowest BCUT2D eigenvalue weighted by atomic mass is 10.1. The summed E-state index contributed by atoms with van der Waals surface area (Å²) in [4.78, 5) is 0. The fourth-order valence-electron chi connectivity index (χ4n) is 1.67. The minimum absolute atomic E-state index is 0.757. The molecule has 1 N–H and O–H groups in total. The molecule has 1 fully saturated rings. The number of hydrogen-bond donors (Lipinski definition) is 1. The summed E-state index contributed by atoms with van der Waals surface area (Å²) in [6, 6.07) is 6.78. The predicted octanol–water partition coefficient (Wildman–Crippen LogP) is 3.61. The summed E-state index contributed by atoms with van der Waals surface area (Å²) in [7, 11) is 1.69. The summed E-state index contributed by atoms with van der Waals surface area (Å²) in [5.74, 6) is 0.891. The highest BCUT2D eigenvalue weighted by Crippen LogP contribution is 2.25. The van der Waals surface area contributed by atoms with Gasteiger partial charge < -0.3 is 10.1 Å². The topological polar surface area (TPSA) is 21.3 Å². The van der Waals surface area contributed by atoms with Crippen molar-refractivity contribution in [3.05, 3.63) is 33.8 Å². The molecule has 0 radical (unpaired) electrons. The van der Waals surface area contributed by atoms with Crippen LogP contribution in [0.25, 0.3) is 6.08 Å². The van der Waals surface area contributed by atoms with E-state index in [1.807, 2.05) is 18.2 Å². The zero-order valence-electron chi connectivity index (χ0n) is 10.3. The highest BCUT2D eigenvalue weighted by Gasteiger charge is 2.19. The van der Waals surface area contributed by atoms with Crippen LogP contribution in [0, 0.1) is 0 Å². The maximum atomic E-state index is 5.23. The lowest BCUT2D eigenvalue weighted by molar-refractivity contribution is 0.414. The fraction of sp³-hybridized carbons (Fsp3) is 0.429. The second-order valence-electron chi connectivity index (χ2n) is 4.53. The number of hydrogen-bond acceptors (Lipinski definition) is 2. The maximum Gasteiger partial charge on any atom is 0.119 e. The zero-order valence-corrected chi connectivity index (χ0v) is 11.9. The van der Waals surface area contributed by atoms with Crippen molar-refractivity contribution in [3.63, 3.8) is 0 Å². The third kappa shape index (κ3) is 3.86. The summed E-state index contributed by atoms with van der Waals surface area (Å²) < 4.78 is 6.33. The van der Waals surface area contributed by atoms with Gasteiger partial charge in [0.05, 0.1) is 7.11 Å². The van der Waals surface area contributed by atoms with Crippen LogP contribution in [-0.2, 0) is 0 Å². The number of benzene rings is 1. The molecule has 17 heavy (non-hydrogen) atoms. The Kier molecular flexibility index (Phi) is 4.24. The van der Waals surface area contributed by atoms with E-state index in [0.717, 1.165) is 22.8 Å². The van der Waals surface area contributed by atoms with E-state index in [4.69, 9.17) is 4.74 Å². The first-order valence-corrected chi connectivity index (χ1v) is 6.72. The average molecular weight is 296 g/mol. The molecule has 1 aromatic rings. The number of methoxy groups -OCH3 is 1. The van der Waals surface area contributed by atoms with Gasteiger partial charge in [0.15, 0.2) is 0 Å². The first-order chi connectivity index (χ1) is 8.19. The molecule has 1 aliphatic rings. The first-order valence-electron chi connectivity index (χ1n) is 5.93. The van der Waals surface area contributed by atoms with E-state index in [1.54, 1.807) is 7.11 Å². The summed E-state index contributed by atoms with van der Waals surface area (Å²) in [6.45, 7) is 3.12. The maximum absolute atomic E-state index is 5.23. The van der Waals surface area contributed by atoms with Crippen LogP contribution < -0.4 is 10.1 Å². The molecule has 92 valence electrons. The molecule has 1 aromatic carbocycles. The lowest BCUT2D eigenvalue weighted by Crippen LogP contribution is -2.18.